The molecule has 0 fully saturated rings. The van der Waals surface area contributed by atoms with Gasteiger partial charge in [0.25, 0.3) is 11.3 Å². The molecule has 0 aromatic carbocycles. The van der Waals surface area contributed by atoms with Crippen molar-refractivity contribution in [3.63, 3.8) is 0 Å². The Hall–Kier alpha value is -0.560. The third kappa shape index (κ3) is 5.57. The zero-order chi connectivity index (χ0) is 8.20. The first-order valence-electron chi connectivity index (χ1n) is 2.01. The van der Waals surface area contributed by atoms with E-state index in [1.54, 1.807) is 4.72 Å². The molecule has 0 aliphatic carbocycles. The molecule has 0 saturated carbocycles. The first-order chi connectivity index (χ1) is 4.45. The average molecular weight is 175 g/mol. The molecule has 1 atom stereocenters. The van der Waals surface area contributed by atoms with E-state index in [0.717, 1.165) is 6.20 Å². The summed E-state index contributed by atoms with van der Waals surface area (Å²) >= 11 is -2.58. The predicted octanol–water partition coefficient (Wildman–Crippen LogP) is 0.835. The molecule has 0 aromatic heterocycles. The van der Waals surface area contributed by atoms with Crippen LogP contribution in [0.4, 0.5) is 13.2 Å². The molecule has 7 heteroatoms. The van der Waals surface area contributed by atoms with Gasteiger partial charge in [-0.25, -0.2) is 4.21 Å². The van der Waals surface area contributed by atoms with Crippen molar-refractivity contribution in [2.75, 3.05) is 0 Å². The third-order valence-corrected chi connectivity index (χ3v) is 1.05. The minimum absolute atomic E-state index is 0.835. The van der Waals surface area contributed by atoms with Gasteiger partial charge in [-0.1, -0.05) is 6.58 Å². The zero-order valence-corrected chi connectivity index (χ0v) is 5.46. The van der Waals surface area contributed by atoms with Gasteiger partial charge < -0.3 is 0 Å². The minimum atomic E-state index is -4.89. The maximum Gasteiger partial charge on any atom is 0.536 e. The van der Waals surface area contributed by atoms with E-state index in [1.807, 2.05) is 0 Å². The number of halogens is 3. The van der Waals surface area contributed by atoms with Crippen molar-refractivity contribution in [1.29, 1.82) is 0 Å². The molecule has 0 saturated heterocycles. The first kappa shape index (κ1) is 9.44. The SMILES string of the molecule is C=CNS(=O)OC(F)(F)F. The Labute approximate surface area is 57.7 Å². The standard InChI is InChI=1S/C3H4F3NO2S/c1-2-7-10(8)9-3(4,5)6/h2,7H,1H2. The molecule has 0 bridgehead atoms. The second-order valence-corrected chi connectivity index (χ2v) is 1.96. The summed E-state index contributed by atoms with van der Waals surface area (Å²) in [7, 11) is 0. The minimum Gasteiger partial charge on any atom is -0.289 e. The topological polar surface area (TPSA) is 38.3 Å². The average Bonchev–Trinajstić information content (AvgIpc) is 1.59. The number of nitrogens with one attached hydrogen (secondary N) is 1. The maximum atomic E-state index is 11.1. The largest absolute Gasteiger partial charge is 0.536 e. The molecule has 10 heavy (non-hydrogen) atoms. The van der Waals surface area contributed by atoms with Crippen LogP contribution in [0.1, 0.15) is 0 Å². The summed E-state index contributed by atoms with van der Waals surface area (Å²) < 4.78 is 48.1. The van der Waals surface area contributed by atoms with E-state index in [4.69, 9.17) is 0 Å². The lowest BCUT2D eigenvalue weighted by atomic mass is 11.1. The number of rotatable bonds is 3. The summed E-state index contributed by atoms with van der Waals surface area (Å²) in [5.74, 6) is 0. The predicted molar refractivity (Wildman–Crippen MR) is 28.6 cm³/mol. The van der Waals surface area contributed by atoms with Crippen LogP contribution in [0.3, 0.4) is 0 Å². The highest BCUT2D eigenvalue weighted by Crippen LogP contribution is 2.16. The lowest BCUT2D eigenvalue weighted by molar-refractivity contribution is -0.270. The van der Waals surface area contributed by atoms with Crippen molar-refractivity contribution in [2.45, 2.75) is 6.36 Å². The first-order valence-corrected chi connectivity index (χ1v) is 3.08. The monoisotopic (exact) mass is 175 g/mol. The quantitative estimate of drug-likeness (QED) is 0.690. The van der Waals surface area contributed by atoms with Crippen LogP contribution in [0, 0.1) is 0 Å². The van der Waals surface area contributed by atoms with Gasteiger partial charge in [-0.15, -0.1) is 13.2 Å². The Morgan fingerprint density at radius 2 is 2.10 bits per heavy atom. The molecule has 0 aliphatic rings. The molecule has 1 unspecified atom stereocenters. The highest BCUT2D eigenvalue weighted by Gasteiger charge is 2.32. The summed E-state index contributed by atoms with van der Waals surface area (Å²) in [6.45, 7) is 2.98. The molecule has 0 aromatic rings. The second-order valence-electron chi connectivity index (χ2n) is 1.09. The van der Waals surface area contributed by atoms with Crippen LogP contribution in [0.15, 0.2) is 12.8 Å². The summed E-state index contributed by atoms with van der Waals surface area (Å²) in [6, 6.07) is 0. The molecule has 60 valence electrons. The van der Waals surface area contributed by atoms with Crippen LogP contribution < -0.4 is 4.72 Å². The van der Waals surface area contributed by atoms with Gasteiger partial charge in [-0.2, -0.15) is 4.18 Å². The number of alkyl halides is 3. The van der Waals surface area contributed by atoms with Crippen LogP contribution in [-0.4, -0.2) is 10.6 Å². The number of hydrogen-bond acceptors (Lipinski definition) is 2. The molecular formula is C3H4F3NO2S. The number of hydrogen-bond donors (Lipinski definition) is 1. The van der Waals surface area contributed by atoms with E-state index < -0.39 is 17.6 Å². The highest BCUT2D eigenvalue weighted by molar-refractivity contribution is 7.78. The van der Waals surface area contributed by atoms with Crippen molar-refractivity contribution >= 4 is 11.3 Å². The summed E-state index contributed by atoms with van der Waals surface area (Å²) in [5.41, 5.74) is 0. The molecule has 3 nitrogen and oxygen atoms in total. The van der Waals surface area contributed by atoms with E-state index in [-0.39, 0.29) is 0 Å². The second kappa shape index (κ2) is 3.57. The lowest BCUT2D eigenvalue weighted by Crippen LogP contribution is -2.22. The van der Waals surface area contributed by atoms with E-state index >= 15 is 0 Å². The Morgan fingerprint density at radius 1 is 1.60 bits per heavy atom. The van der Waals surface area contributed by atoms with Gasteiger partial charge in [0, 0.05) is 6.20 Å². The van der Waals surface area contributed by atoms with E-state index in [0.29, 0.717) is 0 Å². The van der Waals surface area contributed by atoms with Crippen molar-refractivity contribution in [1.82, 2.24) is 4.72 Å². The molecule has 0 radical (unpaired) electrons. The van der Waals surface area contributed by atoms with E-state index in [9.17, 15) is 17.4 Å². The van der Waals surface area contributed by atoms with Gasteiger partial charge in [0.05, 0.1) is 0 Å². The molecule has 0 rings (SSSR count). The molecule has 0 aliphatic heterocycles. The van der Waals surface area contributed by atoms with E-state index in [2.05, 4.69) is 10.8 Å². The van der Waals surface area contributed by atoms with Gasteiger partial charge >= 0.3 is 6.36 Å². The highest BCUT2D eigenvalue weighted by atomic mass is 32.2. The molecular weight excluding hydrogens is 171 g/mol. The Kier molecular flexibility index (Phi) is 3.37. The Bertz CT molecular complexity index is 145. The summed E-state index contributed by atoms with van der Waals surface area (Å²) in [5, 5.41) is 0. The van der Waals surface area contributed by atoms with Crippen LogP contribution in [0.5, 0.6) is 0 Å². The molecule has 0 spiro atoms. The van der Waals surface area contributed by atoms with Crippen molar-refractivity contribution in [3.8, 4) is 0 Å². The Morgan fingerprint density at radius 3 is 2.40 bits per heavy atom. The smallest absolute Gasteiger partial charge is 0.289 e. The van der Waals surface area contributed by atoms with Gasteiger partial charge in [0.1, 0.15) is 0 Å². The van der Waals surface area contributed by atoms with Gasteiger partial charge in [0.2, 0.25) is 0 Å². The van der Waals surface area contributed by atoms with Gasteiger partial charge in [-0.3, -0.25) is 4.72 Å². The third-order valence-electron chi connectivity index (χ3n) is 0.350. The fraction of sp³-hybridized carbons (Fsp3) is 0.333. The molecule has 0 amide bonds. The molecule has 0 heterocycles. The van der Waals surface area contributed by atoms with Crippen LogP contribution in [-0.2, 0) is 15.4 Å². The van der Waals surface area contributed by atoms with Gasteiger partial charge in [-0.05, 0) is 0 Å². The zero-order valence-electron chi connectivity index (χ0n) is 4.64. The van der Waals surface area contributed by atoms with Crippen molar-refractivity contribution in [3.05, 3.63) is 12.8 Å². The Balaban J connectivity index is 3.68. The van der Waals surface area contributed by atoms with Crippen LogP contribution in [0.25, 0.3) is 0 Å². The summed E-state index contributed by atoms with van der Waals surface area (Å²) in [6.07, 6.45) is -4.05. The van der Waals surface area contributed by atoms with Crippen LogP contribution >= 0.6 is 0 Å². The lowest BCUT2D eigenvalue weighted by Gasteiger charge is -2.03. The fourth-order valence-electron chi connectivity index (χ4n) is 0.178. The van der Waals surface area contributed by atoms with Crippen molar-refractivity contribution < 1.29 is 21.6 Å². The van der Waals surface area contributed by atoms with E-state index in [1.165, 1.54) is 0 Å². The van der Waals surface area contributed by atoms with Gasteiger partial charge in [0.15, 0.2) is 0 Å². The fourth-order valence-corrected chi connectivity index (χ4v) is 0.534. The summed E-state index contributed by atoms with van der Waals surface area (Å²) in [4.78, 5) is 0. The molecule has 1 N–H and O–H groups in total. The maximum absolute atomic E-state index is 11.1. The normalized spacial score (nSPS) is 14.3. The van der Waals surface area contributed by atoms with Crippen molar-refractivity contribution in [2.24, 2.45) is 0 Å². The van der Waals surface area contributed by atoms with Crippen LogP contribution in [0.2, 0.25) is 0 Å².